The molecule has 3 atom stereocenters. The van der Waals surface area contributed by atoms with E-state index in [0.717, 1.165) is 6.42 Å². The normalized spacial score (nSPS) is 25.1. The zero-order chi connectivity index (χ0) is 22.1. The summed E-state index contributed by atoms with van der Waals surface area (Å²) in [6.45, 7) is 1.01. The summed E-state index contributed by atoms with van der Waals surface area (Å²) < 4.78 is 53.4. The minimum atomic E-state index is -4.67. The molecule has 11 heteroatoms. The zero-order valence-corrected chi connectivity index (χ0v) is 17.7. The number of alkyl halides is 3. The molecule has 4 fully saturated rings. The SMILES string of the molecule is OC1(COC(c2ccc(-c3cscn3)c3oc(N4CC5CC(C4)N5)nc23)C(F)(F)F)CC1. The van der Waals surface area contributed by atoms with Crippen LogP contribution in [0.1, 0.15) is 30.9 Å². The Morgan fingerprint density at radius 2 is 2.06 bits per heavy atom. The fraction of sp³-hybridized carbons (Fsp3) is 0.524. The minimum Gasteiger partial charge on any atom is -0.423 e. The van der Waals surface area contributed by atoms with Gasteiger partial charge >= 0.3 is 6.18 Å². The van der Waals surface area contributed by atoms with Crippen molar-refractivity contribution >= 4 is 28.5 Å². The number of anilines is 1. The van der Waals surface area contributed by atoms with Gasteiger partial charge in [-0.05, 0) is 25.3 Å². The zero-order valence-electron chi connectivity index (χ0n) is 16.9. The van der Waals surface area contributed by atoms with Crippen LogP contribution in [0.2, 0.25) is 0 Å². The maximum absolute atomic E-state index is 14.0. The standard InChI is InChI=1S/C21H21F3N4O3S/c22-21(23,24)18(30-9-20(29)3-4-20)14-2-1-13(15-8-32-10-25-15)17-16(14)27-19(31-17)28-6-11-5-12(7-28)26-11/h1-2,8,10-12,18,26,29H,3-7,9H2. The van der Waals surface area contributed by atoms with Crippen LogP contribution < -0.4 is 10.2 Å². The molecule has 1 aromatic carbocycles. The van der Waals surface area contributed by atoms with Crippen LogP contribution in [-0.2, 0) is 4.74 Å². The monoisotopic (exact) mass is 466 g/mol. The van der Waals surface area contributed by atoms with Crippen molar-refractivity contribution in [3.05, 3.63) is 28.6 Å². The molecule has 0 amide bonds. The molecule has 2 aromatic heterocycles. The molecule has 3 unspecified atom stereocenters. The largest absolute Gasteiger partial charge is 0.423 e. The molecule has 2 bridgehead atoms. The predicted octanol–water partition coefficient (Wildman–Crippen LogP) is 3.65. The summed E-state index contributed by atoms with van der Waals surface area (Å²) in [4.78, 5) is 10.8. The second-order valence-electron chi connectivity index (χ2n) is 8.91. The van der Waals surface area contributed by atoms with Crippen molar-refractivity contribution in [1.82, 2.24) is 15.3 Å². The lowest BCUT2D eigenvalue weighted by Gasteiger charge is -2.47. The molecule has 7 rings (SSSR count). The first kappa shape index (κ1) is 20.4. The Bertz CT molecular complexity index is 1130. The summed E-state index contributed by atoms with van der Waals surface area (Å²) in [5, 5.41) is 15.3. The van der Waals surface area contributed by atoms with Crippen LogP contribution in [0.25, 0.3) is 22.4 Å². The highest BCUT2D eigenvalue weighted by atomic mass is 32.1. The lowest BCUT2D eigenvalue weighted by atomic mass is 9.92. The van der Waals surface area contributed by atoms with Gasteiger partial charge in [0, 0.05) is 41.7 Å². The number of halogens is 3. The first-order valence-electron chi connectivity index (χ1n) is 10.5. The van der Waals surface area contributed by atoms with Gasteiger partial charge in [-0.1, -0.05) is 6.07 Å². The number of nitrogens with zero attached hydrogens (tertiary/aromatic N) is 3. The Morgan fingerprint density at radius 3 is 2.69 bits per heavy atom. The molecule has 0 spiro atoms. The van der Waals surface area contributed by atoms with Gasteiger partial charge in [0.05, 0.1) is 23.4 Å². The summed E-state index contributed by atoms with van der Waals surface area (Å²) in [6.07, 6.45) is -4.92. The summed E-state index contributed by atoms with van der Waals surface area (Å²) in [5.74, 6) is 0. The first-order chi connectivity index (χ1) is 15.3. The van der Waals surface area contributed by atoms with E-state index in [4.69, 9.17) is 9.15 Å². The molecule has 3 aliphatic heterocycles. The Labute approximate surface area is 185 Å². The summed E-state index contributed by atoms with van der Waals surface area (Å²) in [5.41, 5.74) is 1.96. The van der Waals surface area contributed by atoms with Crippen LogP contribution in [0, 0.1) is 0 Å². The third-order valence-electron chi connectivity index (χ3n) is 6.39. The number of rotatable bonds is 6. The van der Waals surface area contributed by atoms with Crippen molar-refractivity contribution in [2.45, 2.75) is 49.2 Å². The van der Waals surface area contributed by atoms with E-state index in [1.807, 2.05) is 10.3 Å². The second-order valence-corrected chi connectivity index (χ2v) is 9.63. The Hall–Kier alpha value is -2.21. The fourth-order valence-electron chi connectivity index (χ4n) is 4.47. The molecule has 1 saturated carbocycles. The number of fused-ring (bicyclic) bond motifs is 3. The first-order valence-corrected chi connectivity index (χ1v) is 11.5. The number of nitrogens with one attached hydrogen (secondary N) is 1. The Kier molecular flexibility index (Phi) is 4.55. The molecule has 1 aliphatic carbocycles. The van der Waals surface area contributed by atoms with Gasteiger partial charge in [0.25, 0.3) is 6.01 Å². The van der Waals surface area contributed by atoms with Crippen LogP contribution in [0.3, 0.4) is 0 Å². The molecule has 4 aliphatic rings. The highest BCUT2D eigenvalue weighted by molar-refractivity contribution is 7.07. The maximum Gasteiger partial charge on any atom is 0.418 e. The molecule has 5 heterocycles. The molecule has 2 N–H and O–H groups in total. The third kappa shape index (κ3) is 3.57. The molecule has 32 heavy (non-hydrogen) atoms. The van der Waals surface area contributed by atoms with E-state index in [9.17, 15) is 18.3 Å². The number of hydrogen-bond donors (Lipinski definition) is 2. The van der Waals surface area contributed by atoms with Crippen molar-refractivity contribution in [2.75, 3.05) is 24.6 Å². The fourth-order valence-corrected chi connectivity index (χ4v) is 5.02. The predicted molar refractivity (Wildman–Crippen MR) is 112 cm³/mol. The molecular weight excluding hydrogens is 445 g/mol. The molecule has 3 aromatic rings. The highest BCUT2D eigenvalue weighted by Gasteiger charge is 2.48. The molecule has 170 valence electrons. The van der Waals surface area contributed by atoms with E-state index < -0.39 is 17.9 Å². The van der Waals surface area contributed by atoms with Crippen LogP contribution in [0.5, 0.6) is 0 Å². The summed E-state index contributed by atoms with van der Waals surface area (Å²) in [6, 6.07) is 3.94. The Balaban J connectivity index is 1.44. The number of piperidine rings is 1. The van der Waals surface area contributed by atoms with Crippen LogP contribution in [-0.4, -0.2) is 58.6 Å². The Morgan fingerprint density at radius 1 is 1.31 bits per heavy atom. The van der Waals surface area contributed by atoms with Crippen molar-refractivity contribution < 1.29 is 27.4 Å². The van der Waals surface area contributed by atoms with E-state index in [-0.39, 0.29) is 23.3 Å². The van der Waals surface area contributed by atoms with Crippen LogP contribution in [0.4, 0.5) is 19.2 Å². The summed E-state index contributed by atoms with van der Waals surface area (Å²) in [7, 11) is 0. The van der Waals surface area contributed by atoms with E-state index >= 15 is 0 Å². The van der Waals surface area contributed by atoms with Crippen molar-refractivity contribution in [2.24, 2.45) is 0 Å². The summed E-state index contributed by atoms with van der Waals surface area (Å²) >= 11 is 1.39. The number of aliphatic hydroxyl groups is 1. The van der Waals surface area contributed by atoms with E-state index in [0.29, 0.717) is 55.3 Å². The number of ether oxygens (including phenoxy) is 1. The smallest absolute Gasteiger partial charge is 0.418 e. The molecule has 7 nitrogen and oxygen atoms in total. The highest BCUT2D eigenvalue weighted by Crippen LogP contribution is 2.44. The molecular formula is C21H21F3N4O3S. The second kappa shape index (κ2) is 7.14. The third-order valence-corrected chi connectivity index (χ3v) is 6.98. The lowest BCUT2D eigenvalue weighted by Crippen LogP contribution is -2.67. The molecule has 3 saturated heterocycles. The topological polar surface area (TPSA) is 83.7 Å². The number of aromatic nitrogens is 2. The minimum absolute atomic E-state index is 0.114. The number of hydrogen-bond acceptors (Lipinski definition) is 8. The maximum atomic E-state index is 14.0. The van der Waals surface area contributed by atoms with E-state index in [1.165, 1.54) is 17.4 Å². The van der Waals surface area contributed by atoms with Gasteiger partial charge < -0.3 is 24.5 Å². The van der Waals surface area contributed by atoms with Gasteiger partial charge in [-0.15, -0.1) is 11.3 Å². The van der Waals surface area contributed by atoms with Gasteiger partial charge in [0.2, 0.25) is 0 Å². The average Bonchev–Trinajstić information content (AvgIpc) is 3.13. The van der Waals surface area contributed by atoms with Crippen LogP contribution >= 0.6 is 11.3 Å². The van der Waals surface area contributed by atoms with Crippen molar-refractivity contribution in [3.63, 3.8) is 0 Å². The van der Waals surface area contributed by atoms with Gasteiger partial charge in [0.15, 0.2) is 11.7 Å². The van der Waals surface area contributed by atoms with Gasteiger partial charge in [-0.25, -0.2) is 4.98 Å². The van der Waals surface area contributed by atoms with E-state index in [1.54, 1.807) is 11.6 Å². The van der Waals surface area contributed by atoms with Gasteiger partial charge in [0.1, 0.15) is 5.52 Å². The van der Waals surface area contributed by atoms with Crippen molar-refractivity contribution in [3.8, 4) is 11.3 Å². The van der Waals surface area contributed by atoms with Gasteiger partial charge in [-0.3, -0.25) is 0 Å². The van der Waals surface area contributed by atoms with Crippen LogP contribution in [0.15, 0.2) is 27.4 Å². The number of thiazole rings is 1. The lowest BCUT2D eigenvalue weighted by molar-refractivity contribution is -0.230. The quantitative estimate of drug-likeness (QED) is 0.574. The van der Waals surface area contributed by atoms with Gasteiger partial charge in [-0.2, -0.15) is 18.2 Å². The number of oxazole rings is 1. The average molecular weight is 466 g/mol. The van der Waals surface area contributed by atoms with E-state index in [2.05, 4.69) is 15.3 Å². The number of piperazine rings is 1. The van der Waals surface area contributed by atoms with Crippen molar-refractivity contribution in [1.29, 1.82) is 0 Å². The number of benzene rings is 1. The molecule has 0 radical (unpaired) electrons.